The molecule has 1 saturated heterocycles. The normalized spacial score (nSPS) is 19.1. The summed E-state index contributed by atoms with van der Waals surface area (Å²) in [6.07, 6.45) is 4.13. The van der Waals surface area contributed by atoms with Crippen molar-refractivity contribution in [3.63, 3.8) is 0 Å². The number of hydrogen-bond acceptors (Lipinski definition) is 6. The Bertz CT molecular complexity index is 1180. The first-order chi connectivity index (χ1) is 15.6. The summed E-state index contributed by atoms with van der Waals surface area (Å²) in [4.78, 5) is 27.0. The first-order valence-corrected chi connectivity index (χ1v) is 13.9. The molecule has 1 fully saturated rings. The maximum absolute atomic E-state index is 13.2. The number of amides is 2. The Kier molecular flexibility index (Phi) is 6.81. The van der Waals surface area contributed by atoms with Gasteiger partial charge in [0, 0.05) is 10.9 Å². The number of carbonyl (C=O) groups excluding carboxylic acids is 2. The van der Waals surface area contributed by atoms with Crippen LogP contribution in [-0.4, -0.2) is 44.4 Å². The molecule has 0 unspecified atom stereocenters. The van der Waals surface area contributed by atoms with Crippen LogP contribution in [0.3, 0.4) is 0 Å². The van der Waals surface area contributed by atoms with E-state index >= 15 is 0 Å². The second-order valence-corrected chi connectivity index (χ2v) is 12.4. The summed E-state index contributed by atoms with van der Waals surface area (Å²) in [6, 6.07) is 3.64. The Morgan fingerprint density at radius 1 is 1.12 bits per heavy atom. The lowest BCUT2D eigenvalue weighted by atomic mass is 9.95. The number of anilines is 1. The van der Waals surface area contributed by atoms with Crippen LogP contribution in [-0.2, 0) is 27.5 Å². The molecule has 33 heavy (non-hydrogen) atoms. The molecule has 1 aromatic carbocycles. The third-order valence-electron chi connectivity index (χ3n) is 6.17. The van der Waals surface area contributed by atoms with Crippen molar-refractivity contribution in [2.75, 3.05) is 23.4 Å². The minimum Gasteiger partial charge on any atom is -0.483 e. The highest BCUT2D eigenvalue weighted by Gasteiger charge is 2.32. The second kappa shape index (κ2) is 9.46. The van der Waals surface area contributed by atoms with E-state index in [0.29, 0.717) is 22.7 Å². The fraction of sp³-hybridized carbons (Fsp3) is 0.500. The van der Waals surface area contributed by atoms with Crippen molar-refractivity contribution in [1.29, 1.82) is 0 Å². The van der Waals surface area contributed by atoms with Gasteiger partial charge in [-0.05, 0) is 69.6 Å². The lowest BCUT2D eigenvalue weighted by molar-refractivity contribution is -0.118. The topological polar surface area (TPSA) is 102 Å². The van der Waals surface area contributed by atoms with Crippen molar-refractivity contribution in [3.05, 3.63) is 44.8 Å². The summed E-state index contributed by atoms with van der Waals surface area (Å²) in [5, 5.41) is 6.29. The zero-order chi connectivity index (χ0) is 23.8. The molecular formula is C24H30N2O5S2. The largest absolute Gasteiger partial charge is 0.483 e. The summed E-state index contributed by atoms with van der Waals surface area (Å²) >= 11 is 1.44. The van der Waals surface area contributed by atoms with E-state index in [1.54, 1.807) is 0 Å². The predicted octanol–water partition coefficient (Wildman–Crippen LogP) is 3.49. The number of benzene rings is 1. The van der Waals surface area contributed by atoms with Crippen LogP contribution < -0.4 is 15.4 Å². The van der Waals surface area contributed by atoms with Crippen LogP contribution in [0.2, 0.25) is 0 Å². The predicted molar refractivity (Wildman–Crippen MR) is 130 cm³/mol. The Balaban J connectivity index is 1.50. The number of sulfone groups is 1. The SMILES string of the molecule is Cc1cc(C)c(OCC(=O)Nc2sc3c(c2C(=O)N[C@@H]2CCS(=O)(=O)C2)CCCC3)c(C)c1. The molecule has 0 saturated carbocycles. The van der Waals surface area contributed by atoms with Gasteiger partial charge in [-0.3, -0.25) is 9.59 Å². The Morgan fingerprint density at radius 3 is 2.48 bits per heavy atom. The molecule has 2 aliphatic rings. The number of aryl methyl sites for hydroxylation is 4. The Labute approximate surface area is 198 Å². The number of nitrogens with one attached hydrogen (secondary N) is 2. The number of ether oxygens (including phenoxy) is 1. The van der Waals surface area contributed by atoms with Crippen LogP contribution in [0.4, 0.5) is 5.00 Å². The van der Waals surface area contributed by atoms with E-state index in [1.165, 1.54) is 11.3 Å². The fourth-order valence-electron chi connectivity index (χ4n) is 4.76. The van der Waals surface area contributed by atoms with Gasteiger partial charge in [-0.15, -0.1) is 11.3 Å². The van der Waals surface area contributed by atoms with Crippen LogP contribution in [0.25, 0.3) is 0 Å². The maximum Gasteiger partial charge on any atom is 0.262 e. The molecule has 1 aromatic heterocycles. The third kappa shape index (κ3) is 5.41. The Hall–Kier alpha value is -2.39. The lowest BCUT2D eigenvalue weighted by Crippen LogP contribution is -2.36. The molecule has 2 amide bonds. The fourth-order valence-corrected chi connectivity index (χ4v) is 7.73. The zero-order valence-corrected chi connectivity index (χ0v) is 20.9. The first kappa shape index (κ1) is 23.8. The molecule has 0 bridgehead atoms. The van der Waals surface area contributed by atoms with Gasteiger partial charge in [-0.25, -0.2) is 8.42 Å². The highest BCUT2D eigenvalue weighted by atomic mass is 32.2. The molecular weight excluding hydrogens is 460 g/mol. The van der Waals surface area contributed by atoms with Crippen LogP contribution in [0.1, 0.15) is 56.8 Å². The highest BCUT2D eigenvalue weighted by Crippen LogP contribution is 2.38. The standard InChI is InChI=1S/C24H30N2O5S2/c1-14-10-15(2)22(16(3)11-14)31-12-20(27)26-24-21(18-6-4-5-7-19(18)32-24)23(28)25-17-8-9-33(29,30)13-17/h10-11,17H,4-9,12-13H2,1-3H3,(H,25,28)(H,26,27)/t17-/m1/s1. The van der Waals surface area contributed by atoms with E-state index in [4.69, 9.17) is 4.74 Å². The smallest absolute Gasteiger partial charge is 0.262 e. The molecule has 0 radical (unpaired) electrons. The van der Waals surface area contributed by atoms with E-state index in [1.807, 2.05) is 32.9 Å². The van der Waals surface area contributed by atoms with Crippen LogP contribution >= 0.6 is 11.3 Å². The van der Waals surface area contributed by atoms with E-state index in [0.717, 1.165) is 52.8 Å². The number of rotatable bonds is 6. The van der Waals surface area contributed by atoms with E-state index in [2.05, 4.69) is 10.6 Å². The van der Waals surface area contributed by atoms with Gasteiger partial charge < -0.3 is 15.4 Å². The molecule has 2 heterocycles. The monoisotopic (exact) mass is 490 g/mol. The Morgan fingerprint density at radius 2 is 1.82 bits per heavy atom. The molecule has 1 atom stereocenters. The molecule has 7 nitrogen and oxygen atoms in total. The van der Waals surface area contributed by atoms with Gasteiger partial charge in [0.1, 0.15) is 10.8 Å². The molecule has 0 spiro atoms. The molecule has 1 aliphatic heterocycles. The van der Waals surface area contributed by atoms with Crippen molar-refractivity contribution in [1.82, 2.24) is 5.32 Å². The van der Waals surface area contributed by atoms with Gasteiger partial charge in [0.25, 0.3) is 11.8 Å². The summed E-state index contributed by atoms with van der Waals surface area (Å²) in [7, 11) is -3.10. The molecule has 9 heteroatoms. The molecule has 1 aliphatic carbocycles. The van der Waals surface area contributed by atoms with Crippen molar-refractivity contribution in [2.24, 2.45) is 0 Å². The average molecular weight is 491 g/mol. The van der Waals surface area contributed by atoms with Gasteiger partial charge in [0.05, 0.1) is 17.1 Å². The van der Waals surface area contributed by atoms with Crippen molar-refractivity contribution in [2.45, 2.75) is 58.9 Å². The van der Waals surface area contributed by atoms with E-state index in [-0.39, 0.29) is 36.0 Å². The van der Waals surface area contributed by atoms with Gasteiger partial charge in [-0.1, -0.05) is 17.7 Å². The maximum atomic E-state index is 13.2. The minimum absolute atomic E-state index is 0.0319. The van der Waals surface area contributed by atoms with Gasteiger partial charge in [0.2, 0.25) is 0 Å². The number of hydrogen-bond donors (Lipinski definition) is 2. The summed E-state index contributed by atoms with van der Waals surface area (Å²) in [5.41, 5.74) is 4.54. The summed E-state index contributed by atoms with van der Waals surface area (Å²) in [6.45, 7) is 5.76. The van der Waals surface area contributed by atoms with Crippen molar-refractivity contribution >= 4 is 38.0 Å². The van der Waals surface area contributed by atoms with Crippen molar-refractivity contribution in [3.8, 4) is 5.75 Å². The molecule has 178 valence electrons. The van der Waals surface area contributed by atoms with E-state index < -0.39 is 9.84 Å². The number of carbonyl (C=O) groups is 2. The molecule has 2 aromatic rings. The van der Waals surface area contributed by atoms with Crippen LogP contribution in [0.5, 0.6) is 5.75 Å². The van der Waals surface area contributed by atoms with Gasteiger partial charge in [0.15, 0.2) is 16.4 Å². The lowest BCUT2D eigenvalue weighted by Gasteiger charge is -2.16. The van der Waals surface area contributed by atoms with Crippen LogP contribution in [0.15, 0.2) is 12.1 Å². The molecule has 2 N–H and O–H groups in total. The van der Waals surface area contributed by atoms with Crippen LogP contribution in [0, 0.1) is 20.8 Å². The van der Waals surface area contributed by atoms with E-state index in [9.17, 15) is 18.0 Å². The van der Waals surface area contributed by atoms with Gasteiger partial charge >= 0.3 is 0 Å². The molecule has 4 rings (SSSR count). The first-order valence-electron chi connectivity index (χ1n) is 11.3. The zero-order valence-electron chi connectivity index (χ0n) is 19.2. The minimum atomic E-state index is -3.10. The average Bonchev–Trinajstić information content (AvgIpc) is 3.25. The summed E-state index contributed by atoms with van der Waals surface area (Å²) < 4.78 is 29.4. The third-order valence-corrected chi connectivity index (χ3v) is 9.15. The van der Waals surface area contributed by atoms with Crippen molar-refractivity contribution < 1.29 is 22.7 Å². The number of fused-ring (bicyclic) bond motifs is 1. The second-order valence-electron chi connectivity index (χ2n) is 9.05. The highest BCUT2D eigenvalue weighted by molar-refractivity contribution is 7.91. The number of thiophene rings is 1. The van der Waals surface area contributed by atoms with Gasteiger partial charge in [-0.2, -0.15) is 0 Å². The summed E-state index contributed by atoms with van der Waals surface area (Å²) in [5.74, 6) is 0.124. The quantitative estimate of drug-likeness (QED) is 0.646.